The molecular weight excluding hydrogens is 218 g/mol. The molecule has 6 heteroatoms. The molecule has 3 N–H and O–H groups in total. The standard InChI is InChI=1S/C4H6BrN3OS/c5-2-1-10-4(7-2)3(9)8-6/h2H,1,6H2,(H,8,9). The van der Waals surface area contributed by atoms with Crippen LogP contribution in [-0.2, 0) is 4.79 Å². The zero-order valence-electron chi connectivity index (χ0n) is 5.00. The zero-order chi connectivity index (χ0) is 7.56. The van der Waals surface area contributed by atoms with E-state index in [0.717, 1.165) is 5.75 Å². The molecule has 0 aromatic carbocycles. The molecule has 0 bridgehead atoms. The van der Waals surface area contributed by atoms with E-state index in [4.69, 9.17) is 5.84 Å². The molecule has 0 spiro atoms. The van der Waals surface area contributed by atoms with Gasteiger partial charge < -0.3 is 0 Å². The molecule has 0 aromatic rings. The normalized spacial score (nSPS) is 24.2. The lowest BCUT2D eigenvalue weighted by molar-refractivity contribution is -0.114. The summed E-state index contributed by atoms with van der Waals surface area (Å²) in [6.07, 6.45) is 0. The summed E-state index contributed by atoms with van der Waals surface area (Å²) in [6, 6.07) is 0. The summed E-state index contributed by atoms with van der Waals surface area (Å²) >= 11 is 4.64. The van der Waals surface area contributed by atoms with Gasteiger partial charge in [0.1, 0.15) is 4.95 Å². The number of nitrogens with one attached hydrogen (secondary N) is 1. The van der Waals surface area contributed by atoms with E-state index >= 15 is 0 Å². The second-order valence-corrected chi connectivity index (χ2v) is 3.72. The van der Waals surface area contributed by atoms with E-state index in [1.807, 2.05) is 5.43 Å². The van der Waals surface area contributed by atoms with Crippen molar-refractivity contribution in [1.82, 2.24) is 5.43 Å². The van der Waals surface area contributed by atoms with E-state index in [-0.39, 0.29) is 10.9 Å². The molecule has 0 saturated carbocycles. The molecule has 0 aliphatic carbocycles. The van der Waals surface area contributed by atoms with Crippen LogP contribution in [0.4, 0.5) is 0 Å². The molecule has 0 saturated heterocycles. The van der Waals surface area contributed by atoms with Gasteiger partial charge in [0.25, 0.3) is 5.91 Å². The number of rotatable bonds is 1. The Morgan fingerprint density at radius 3 is 3.10 bits per heavy atom. The number of carbonyl (C=O) groups excluding carboxylic acids is 1. The third-order valence-corrected chi connectivity index (χ3v) is 2.94. The van der Waals surface area contributed by atoms with Crippen molar-refractivity contribution >= 4 is 38.6 Å². The van der Waals surface area contributed by atoms with Crippen molar-refractivity contribution in [3.63, 3.8) is 0 Å². The molecule has 0 aromatic heterocycles. The first-order valence-electron chi connectivity index (χ1n) is 2.59. The van der Waals surface area contributed by atoms with E-state index in [1.54, 1.807) is 0 Å². The minimum Gasteiger partial charge on any atom is -0.288 e. The summed E-state index contributed by atoms with van der Waals surface area (Å²) in [5.74, 6) is 5.37. The molecule has 1 atom stereocenters. The first-order chi connectivity index (χ1) is 4.74. The molecule has 1 unspecified atom stereocenters. The minimum atomic E-state index is -0.313. The van der Waals surface area contributed by atoms with Crippen LogP contribution in [0.5, 0.6) is 0 Å². The zero-order valence-corrected chi connectivity index (χ0v) is 7.41. The average Bonchev–Trinajstić information content (AvgIpc) is 2.34. The predicted molar refractivity (Wildman–Crippen MR) is 44.9 cm³/mol. The third-order valence-electron chi connectivity index (χ3n) is 0.940. The second-order valence-electron chi connectivity index (χ2n) is 1.65. The maximum absolute atomic E-state index is 10.8. The average molecular weight is 224 g/mol. The molecule has 10 heavy (non-hydrogen) atoms. The summed E-state index contributed by atoms with van der Waals surface area (Å²) in [5.41, 5.74) is 2.02. The number of halogens is 1. The SMILES string of the molecule is NNC(=O)C1=NC(Br)CS1. The lowest BCUT2D eigenvalue weighted by atomic mass is 10.6. The summed E-state index contributed by atoms with van der Waals surface area (Å²) in [4.78, 5) is 14.8. The van der Waals surface area contributed by atoms with E-state index in [1.165, 1.54) is 11.8 Å². The van der Waals surface area contributed by atoms with Crippen molar-refractivity contribution in [2.24, 2.45) is 10.8 Å². The lowest BCUT2D eigenvalue weighted by Crippen LogP contribution is -2.34. The van der Waals surface area contributed by atoms with Gasteiger partial charge in [-0.25, -0.2) is 5.84 Å². The quantitative estimate of drug-likeness (QED) is 0.214. The van der Waals surface area contributed by atoms with E-state index in [2.05, 4.69) is 20.9 Å². The predicted octanol–water partition coefficient (Wildman–Crippen LogP) is -0.157. The number of hydrazine groups is 1. The number of hydrogen-bond acceptors (Lipinski definition) is 4. The van der Waals surface area contributed by atoms with Crippen molar-refractivity contribution in [2.75, 3.05) is 5.75 Å². The van der Waals surface area contributed by atoms with Gasteiger partial charge in [-0.2, -0.15) is 0 Å². The Morgan fingerprint density at radius 2 is 2.70 bits per heavy atom. The fourth-order valence-electron chi connectivity index (χ4n) is 0.535. The highest BCUT2D eigenvalue weighted by Crippen LogP contribution is 2.21. The van der Waals surface area contributed by atoms with Gasteiger partial charge in [0, 0.05) is 5.75 Å². The van der Waals surface area contributed by atoms with Gasteiger partial charge in [-0.15, -0.1) is 0 Å². The fraction of sp³-hybridized carbons (Fsp3) is 0.500. The fourth-order valence-corrected chi connectivity index (χ4v) is 2.03. The number of aliphatic imine (C=N–C) groups is 1. The van der Waals surface area contributed by atoms with Crippen molar-refractivity contribution in [2.45, 2.75) is 4.95 Å². The molecule has 1 heterocycles. The Morgan fingerprint density at radius 1 is 2.00 bits per heavy atom. The largest absolute Gasteiger partial charge is 0.289 e. The topological polar surface area (TPSA) is 67.5 Å². The van der Waals surface area contributed by atoms with Gasteiger partial charge in [-0.3, -0.25) is 15.2 Å². The molecule has 1 aliphatic heterocycles. The van der Waals surface area contributed by atoms with Crippen LogP contribution in [0.1, 0.15) is 0 Å². The van der Waals surface area contributed by atoms with E-state index in [9.17, 15) is 4.79 Å². The van der Waals surface area contributed by atoms with Crippen LogP contribution in [-0.4, -0.2) is 21.7 Å². The Balaban J connectivity index is 2.57. The van der Waals surface area contributed by atoms with Crippen LogP contribution in [0.2, 0.25) is 0 Å². The van der Waals surface area contributed by atoms with Gasteiger partial charge >= 0.3 is 0 Å². The molecule has 56 valence electrons. The van der Waals surface area contributed by atoms with Crippen molar-refractivity contribution in [3.05, 3.63) is 0 Å². The van der Waals surface area contributed by atoms with Gasteiger partial charge in [-0.1, -0.05) is 27.7 Å². The highest BCUT2D eigenvalue weighted by atomic mass is 79.9. The highest BCUT2D eigenvalue weighted by molar-refractivity contribution is 9.09. The summed E-state index contributed by atoms with van der Waals surface area (Å²) in [7, 11) is 0. The van der Waals surface area contributed by atoms with Crippen LogP contribution < -0.4 is 11.3 Å². The molecule has 4 nitrogen and oxygen atoms in total. The smallest absolute Gasteiger partial charge is 0.288 e. The Kier molecular flexibility index (Phi) is 2.70. The number of thioether (sulfide) groups is 1. The van der Waals surface area contributed by atoms with Crippen LogP contribution in [0.3, 0.4) is 0 Å². The van der Waals surface area contributed by atoms with Gasteiger partial charge in [0.15, 0.2) is 5.04 Å². The molecule has 0 radical (unpaired) electrons. The number of amides is 1. The van der Waals surface area contributed by atoms with Crippen LogP contribution in [0.15, 0.2) is 4.99 Å². The van der Waals surface area contributed by atoms with Crippen LogP contribution in [0, 0.1) is 0 Å². The van der Waals surface area contributed by atoms with Crippen molar-refractivity contribution in [3.8, 4) is 0 Å². The molecule has 1 rings (SSSR count). The number of hydrogen-bond donors (Lipinski definition) is 2. The third kappa shape index (κ3) is 1.71. The van der Waals surface area contributed by atoms with Crippen LogP contribution >= 0.6 is 27.7 Å². The monoisotopic (exact) mass is 223 g/mol. The van der Waals surface area contributed by atoms with Crippen LogP contribution in [0.25, 0.3) is 0 Å². The lowest BCUT2D eigenvalue weighted by Gasteiger charge is -1.93. The number of carbonyl (C=O) groups is 1. The first kappa shape index (κ1) is 8.03. The van der Waals surface area contributed by atoms with Gasteiger partial charge in [0.2, 0.25) is 0 Å². The number of nitrogens with zero attached hydrogens (tertiary/aromatic N) is 1. The summed E-state index contributed by atoms with van der Waals surface area (Å²) in [6.45, 7) is 0. The highest BCUT2D eigenvalue weighted by Gasteiger charge is 2.20. The summed E-state index contributed by atoms with van der Waals surface area (Å²) in [5, 5.41) is 0.448. The maximum Gasteiger partial charge on any atom is 0.289 e. The van der Waals surface area contributed by atoms with E-state index in [0.29, 0.717) is 5.04 Å². The minimum absolute atomic E-state index is 0.0600. The Hall–Kier alpha value is -0.0700. The number of alkyl halides is 1. The van der Waals surface area contributed by atoms with Gasteiger partial charge in [-0.05, 0) is 0 Å². The van der Waals surface area contributed by atoms with Crippen molar-refractivity contribution in [1.29, 1.82) is 0 Å². The van der Waals surface area contributed by atoms with Crippen molar-refractivity contribution < 1.29 is 4.79 Å². The summed E-state index contributed by atoms with van der Waals surface area (Å²) < 4.78 is 0. The Bertz CT molecular complexity index is 183. The molecule has 1 amide bonds. The van der Waals surface area contributed by atoms with Gasteiger partial charge in [0.05, 0.1) is 0 Å². The number of nitrogens with two attached hydrogens (primary N) is 1. The molecular formula is C4H6BrN3OS. The Labute approximate surface area is 70.7 Å². The molecule has 0 fully saturated rings. The maximum atomic E-state index is 10.8. The van der Waals surface area contributed by atoms with E-state index < -0.39 is 0 Å². The molecule has 1 aliphatic rings. The first-order valence-corrected chi connectivity index (χ1v) is 4.50. The second kappa shape index (κ2) is 3.36.